The van der Waals surface area contributed by atoms with E-state index in [0.29, 0.717) is 5.41 Å². The Bertz CT molecular complexity index is 123. The molecule has 0 unspecified atom stereocenters. The van der Waals surface area contributed by atoms with Crippen molar-refractivity contribution in [2.24, 2.45) is 11.3 Å². The average Bonchev–Trinajstić information content (AvgIpc) is 1.85. The Hall–Kier alpha value is 0.350. The first-order chi connectivity index (χ1) is 5.10. The number of hydrogen-bond acceptors (Lipinski definition) is 1. The van der Waals surface area contributed by atoms with Crippen LogP contribution in [0.2, 0.25) is 0 Å². The zero-order valence-electron chi connectivity index (χ0n) is 8.18. The third kappa shape index (κ3) is 1.93. The van der Waals surface area contributed by atoms with E-state index in [1.807, 2.05) is 11.8 Å². The molecule has 1 saturated carbocycles. The van der Waals surface area contributed by atoms with Crippen molar-refractivity contribution in [2.45, 2.75) is 45.3 Å². The molecule has 0 aliphatic heterocycles. The van der Waals surface area contributed by atoms with Gasteiger partial charge in [0.05, 0.1) is 0 Å². The van der Waals surface area contributed by atoms with Crippen molar-refractivity contribution >= 4 is 11.8 Å². The molecule has 11 heavy (non-hydrogen) atoms. The fraction of sp³-hybridized carbons (Fsp3) is 1.00. The molecule has 0 spiro atoms. The van der Waals surface area contributed by atoms with Crippen LogP contribution in [-0.2, 0) is 0 Å². The van der Waals surface area contributed by atoms with Crippen LogP contribution in [0.5, 0.6) is 0 Å². The van der Waals surface area contributed by atoms with Gasteiger partial charge in [-0.15, -0.1) is 0 Å². The van der Waals surface area contributed by atoms with E-state index in [0.717, 1.165) is 11.2 Å². The summed E-state index contributed by atoms with van der Waals surface area (Å²) in [4.78, 5) is 0. The molecule has 0 heterocycles. The normalized spacial score (nSPS) is 31.6. The smallest absolute Gasteiger partial charge is 0.00499 e. The van der Waals surface area contributed by atoms with Crippen molar-refractivity contribution < 1.29 is 0 Å². The Morgan fingerprint density at radius 3 is 2.27 bits per heavy atom. The van der Waals surface area contributed by atoms with Gasteiger partial charge < -0.3 is 0 Å². The lowest BCUT2D eigenvalue weighted by atomic mass is 9.66. The third-order valence-corrected chi connectivity index (χ3v) is 4.50. The first-order valence-electron chi connectivity index (χ1n) is 4.63. The maximum absolute atomic E-state index is 2.41. The molecule has 0 amide bonds. The molecule has 0 radical (unpaired) electrons. The molecular formula is C10H20S. The van der Waals surface area contributed by atoms with E-state index in [1.54, 1.807) is 0 Å². The fourth-order valence-electron chi connectivity index (χ4n) is 1.68. The van der Waals surface area contributed by atoms with Crippen LogP contribution in [0.25, 0.3) is 0 Å². The van der Waals surface area contributed by atoms with Crippen LogP contribution in [0.1, 0.15) is 40.0 Å². The molecule has 0 atom stereocenters. The molecule has 0 aromatic heterocycles. The maximum Gasteiger partial charge on any atom is 0.00499 e. The van der Waals surface area contributed by atoms with Gasteiger partial charge in [0, 0.05) is 5.25 Å². The maximum atomic E-state index is 2.41. The molecule has 66 valence electrons. The van der Waals surface area contributed by atoms with E-state index in [2.05, 4.69) is 27.0 Å². The van der Waals surface area contributed by atoms with Crippen molar-refractivity contribution in [1.82, 2.24) is 0 Å². The molecule has 1 aliphatic carbocycles. The van der Waals surface area contributed by atoms with Crippen LogP contribution in [0.3, 0.4) is 0 Å². The largest absolute Gasteiger partial charge is 0.162 e. The standard InChI is InChI=1S/C10H20S/c1-5-10(2,3)8-6-9(7-8)11-4/h8-9H,5-7H2,1-4H3. The Kier molecular flexibility index (Phi) is 2.90. The highest BCUT2D eigenvalue weighted by Gasteiger charge is 2.38. The summed E-state index contributed by atoms with van der Waals surface area (Å²) in [5, 5.41) is 0.978. The van der Waals surface area contributed by atoms with Crippen molar-refractivity contribution in [1.29, 1.82) is 0 Å². The van der Waals surface area contributed by atoms with Gasteiger partial charge in [-0.25, -0.2) is 0 Å². The second-order valence-corrected chi connectivity index (χ2v) is 5.51. The van der Waals surface area contributed by atoms with Gasteiger partial charge >= 0.3 is 0 Å². The molecule has 0 saturated heterocycles. The summed E-state index contributed by atoms with van der Waals surface area (Å²) in [6.07, 6.45) is 6.49. The Labute approximate surface area is 75.1 Å². The topological polar surface area (TPSA) is 0 Å². The first-order valence-corrected chi connectivity index (χ1v) is 5.91. The van der Waals surface area contributed by atoms with Crippen molar-refractivity contribution in [3.05, 3.63) is 0 Å². The van der Waals surface area contributed by atoms with Crippen molar-refractivity contribution in [3.63, 3.8) is 0 Å². The van der Waals surface area contributed by atoms with Gasteiger partial charge in [-0.05, 0) is 30.4 Å². The van der Waals surface area contributed by atoms with Gasteiger partial charge in [0.1, 0.15) is 0 Å². The first kappa shape index (κ1) is 9.44. The summed E-state index contributed by atoms with van der Waals surface area (Å²) in [6, 6.07) is 0. The zero-order chi connectivity index (χ0) is 8.48. The molecule has 1 fully saturated rings. The summed E-state index contributed by atoms with van der Waals surface area (Å²) < 4.78 is 0. The lowest BCUT2D eigenvalue weighted by molar-refractivity contribution is 0.123. The van der Waals surface area contributed by atoms with E-state index in [1.165, 1.54) is 19.3 Å². The van der Waals surface area contributed by atoms with E-state index in [-0.39, 0.29) is 0 Å². The molecule has 0 bridgehead atoms. The van der Waals surface area contributed by atoms with Crippen molar-refractivity contribution in [2.75, 3.05) is 6.26 Å². The number of thioether (sulfide) groups is 1. The van der Waals surface area contributed by atoms with Gasteiger partial charge in [0.25, 0.3) is 0 Å². The summed E-state index contributed by atoms with van der Waals surface area (Å²) in [6.45, 7) is 7.13. The van der Waals surface area contributed by atoms with Crippen LogP contribution in [0.15, 0.2) is 0 Å². The van der Waals surface area contributed by atoms with Crippen LogP contribution in [0.4, 0.5) is 0 Å². The lowest BCUT2D eigenvalue weighted by Crippen LogP contribution is -2.36. The van der Waals surface area contributed by atoms with Crippen LogP contribution in [-0.4, -0.2) is 11.5 Å². The van der Waals surface area contributed by atoms with E-state index in [9.17, 15) is 0 Å². The Morgan fingerprint density at radius 1 is 1.36 bits per heavy atom. The van der Waals surface area contributed by atoms with Gasteiger partial charge in [0.2, 0.25) is 0 Å². The molecular weight excluding hydrogens is 152 g/mol. The van der Waals surface area contributed by atoms with Crippen molar-refractivity contribution in [3.8, 4) is 0 Å². The molecule has 1 aliphatic rings. The molecule has 0 aromatic rings. The summed E-state index contributed by atoms with van der Waals surface area (Å²) >= 11 is 2.04. The molecule has 1 heteroatoms. The predicted octanol–water partition coefficient (Wildman–Crippen LogP) is 3.56. The summed E-state index contributed by atoms with van der Waals surface area (Å²) in [5.74, 6) is 1.00. The fourth-order valence-corrected chi connectivity index (χ4v) is 2.53. The highest BCUT2D eigenvalue weighted by Crippen LogP contribution is 2.47. The average molecular weight is 172 g/mol. The molecule has 0 nitrogen and oxygen atoms in total. The minimum absolute atomic E-state index is 0.603. The summed E-state index contributed by atoms with van der Waals surface area (Å²) in [5.41, 5.74) is 0.603. The highest BCUT2D eigenvalue weighted by molar-refractivity contribution is 7.99. The highest BCUT2D eigenvalue weighted by atomic mass is 32.2. The van der Waals surface area contributed by atoms with Crippen LogP contribution < -0.4 is 0 Å². The van der Waals surface area contributed by atoms with Gasteiger partial charge in [-0.3, -0.25) is 0 Å². The SMILES string of the molecule is CCC(C)(C)C1CC(SC)C1. The quantitative estimate of drug-likeness (QED) is 0.627. The summed E-state index contributed by atoms with van der Waals surface area (Å²) in [7, 11) is 0. The number of rotatable bonds is 3. The van der Waals surface area contributed by atoms with Gasteiger partial charge in [0.15, 0.2) is 0 Å². The molecule has 0 aromatic carbocycles. The zero-order valence-corrected chi connectivity index (χ0v) is 9.00. The van der Waals surface area contributed by atoms with E-state index < -0.39 is 0 Å². The second-order valence-electron chi connectivity index (χ2n) is 4.37. The van der Waals surface area contributed by atoms with E-state index >= 15 is 0 Å². The van der Waals surface area contributed by atoms with E-state index in [4.69, 9.17) is 0 Å². The van der Waals surface area contributed by atoms with Crippen LogP contribution in [0, 0.1) is 11.3 Å². The molecule has 0 N–H and O–H groups in total. The van der Waals surface area contributed by atoms with Crippen LogP contribution >= 0.6 is 11.8 Å². The minimum Gasteiger partial charge on any atom is -0.162 e. The Balaban J connectivity index is 2.31. The molecule has 1 rings (SSSR count). The third-order valence-electron chi connectivity index (χ3n) is 3.44. The van der Waals surface area contributed by atoms with Gasteiger partial charge in [-0.1, -0.05) is 27.2 Å². The Morgan fingerprint density at radius 2 is 1.91 bits per heavy atom. The lowest BCUT2D eigenvalue weighted by Gasteiger charge is -2.44. The van der Waals surface area contributed by atoms with Gasteiger partial charge in [-0.2, -0.15) is 11.8 Å². The number of hydrogen-bond donors (Lipinski definition) is 0. The minimum atomic E-state index is 0.603. The predicted molar refractivity (Wildman–Crippen MR) is 54.1 cm³/mol. The second kappa shape index (κ2) is 3.38. The monoisotopic (exact) mass is 172 g/mol.